The molecule has 0 aromatic rings. The lowest BCUT2D eigenvalue weighted by Crippen LogP contribution is -2.43. The molecule has 0 unspecified atom stereocenters. The van der Waals surface area contributed by atoms with E-state index in [-0.39, 0.29) is 0 Å². The average molecular weight is 168 g/mol. The standard InChI is InChI=1S/C10H16O2/c1-7-9(3,4)12-8(2)10(5,6)11-7/h1-2H2,3-6H3. The zero-order valence-corrected chi connectivity index (χ0v) is 8.23. The summed E-state index contributed by atoms with van der Waals surface area (Å²) >= 11 is 0. The number of hydrogen-bond acceptors (Lipinski definition) is 2. The van der Waals surface area contributed by atoms with Crippen molar-refractivity contribution in [3.63, 3.8) is 0 Å². The molecule has 0 atom stereocenters. The Bertz CT molecular complexity index is 210. The third-order valence-corrected chi connectivity index (χ3v) is 2.10. The topological polar surface area (TPSA) is 18.5 Å². The molecule has 1 saturated heterocycles. The predicted molar refractivity (Wildman–Crippen MR) is 48.6 cm³/mol. The van der Waals surface area contributed by atoms with Gasteiger partial charge < -0.3 is 9.47 Å². The van der Waals surface area contributed by atoms with E-state index < -0.39 is 11.2 Å². The van der Waals surface area contributed by atoms with E-state index in [4.69, 9.17) is 9.47 Å². The van der Waals surface area contributed by atoms with E-state index in [9.17, 15) is 0 Å². The van der Waals surface area contributed by atoms with Gasteiger partial charge in [0.05, 0.1) is 0 Å². The maximum atomic E-state index is 5.58. The molecule has 0 aromatic heterocycles. The van der Waals surface area contributed by atoms with Crippen LogP contribution in [0.15, 0.2) is 24.7 Å². The Morgan fingerprint density at radius 3 is 1.33 bits per heavy atom. The van der Waals surface area contributed by atoms with Crippen LogP contribution in [0.3, 0.4) is 0 Å². The maximum Gasteiger partial charge on any atom is 0.159 e. The smallest absolute Gasteiger partial charge is 0.159 e. The minimum Gasteiger partial charge on any atom is -0.481 e. The Hall–Kier alpha value is -0.920. The van der Waals surface area contributed by atoms with Crippen LogP contribution in [0.2, 0.25) is 0 Å². The van der Waals surface area contributed by atoms with Gasteiger partial charge in [0.25, 0.3) is 0 Å². The van der Waals surface area contributed by atoms with Crippen molar-refractivity contribution < 1.29 is 9.47 Å². The summed E-state index contributed by atoms with van der Waals surface area (Å²) < 4.78 is 11.2. The molecule has 1 aliphatic heterocycles. The molecule has 0 amide bonds. The van der Waals surface area contributed by atoms with E-state index in [0.717, 1.165) is 0 Å². The van der Waals surface area contributed by atoms with Gasteiger partial charge in [-0.2, -0.15) is 0 Å². The molecule has 68 valence electrons. The molecule has 12 heavy (non-hydrogen) atoms. The highest BCUT2D eigenvalue weighted by Gasteiger charge is 2.40. The quantitative estimate of drug-likeness (QED) is 0.553. The fourth-order valence-corrected chi connectivity index (χ4v) is 0.976. The monoisotopic (exact) mass is 168 g/mol. The van der Waals surface area contributed by atoms with Gasteiger partial charge in [0.2, 0.25) is 0 Å². The summed E-state index contributed by atoms with van der Waals surface area (Å²) in [5.74, 6) is 1.31. The van der Waals surface area contributed by atoms with Gasteiger partial charge in [-0.1, -0.05) is 13.2 Å². The van der Waals surface area contributed by atoms with Crippen molar-refractivity contribution in [2.24, 2.45) is 0 Å². The van der Waals surface area contributed by atoms with Gasteiger partial charge in [-0.05, 0) is 27.7 Å². The van der Waals surface area contributed by atoms with Crippen molar-refractivity contribution in [2.45, 2.75) is 38.9 Å². The normalized spacial score (nSPS) is 26.0. The number of rotatable bonds is 0. The molecule has 0 bridgehead atoms. The first-order valence-corrected chi connectivity index (χ1v) is 4.02. The highest BCUT2D eigenvalue weighted by Crippen LogP contribution is 2.37. The molecule has 1 fully saturated rings. The van der Waals surface area contributed by atoms with Crippen molar-refractivity contribution in [2.75, 3.05) is 0 Å². The fraction of sp³-hybridized carbons (Fsp3) is 0.600. The van der Waals surface area contributed by atoms with Gasteiger partial charge in [0, 0.05) is 0 Å². The zero-order chi connectivity index (χ0) is 9.57. The largest absolute Gasteiger partial charge is 0.481 e. The molecule has 2 heteroatoms. The van der Waals surface area contributed by atoms with Crippen LogP contribution in [-0.4, -0.2) is 11.2 Å². The summed E-state index contributed by atoms with van der Waals surface area (Å²) in [5, 5.41) is 0. The molecule has 0 aliphatic carbocycles. The Morgan fingerprint density at radius 2 is 1.08 bits per heavy atom. The highest BCUT2D eigenvalue weighted by molar-refractivity contribution is 5.16. The number of ether oxygens (including phenoxy) is 2. The molecule has 0 aromatic carbocycles. The van der Waals surface area contributed by atoms with E-state index in [1.165, 1.54) is 0 Å². The SMILES string of the molecule is C=C1OC(C)(C)C(=C)OC1(C)C. The lowest BCUT2D eigenvalue weighted by atomic mass is 10.00. The third-order valence-electron chi connectivity index (χ3n) is 2.10. The summed E-state index contributed by atoms with van der Waals surface area (Å²) in [4.78, 5) is 0. The molecule has 0 N–H and O–H groups in total. The molecule has 0 spiro atoms. The van der Waals surface area contributed by atoms with Crippen LogP contribution in [0.1, 0.15) is 27.7 Å². The second-order valence-electron chi connectivity index (χ2n) is 4.07. The summed E-state index contributed by atoms with van der Waals surface area (Å²) in [6.45, 7) is 15.3. The van der Waals surface area contributed by atoms with Crippen LogP contribution in [0.25, 0.3) is 0 Å². The minimum atomic E-state index is -0.452. The highest BCUT2D eigenvalue weighted by atomic mass is 16.6. The van der Waals surface area contributed by atoms with Gasteiger partial charge in [-0.25, -0.2) is 0 Å². The lowest BCUT2D eigenvalue weighted by Gasteiger charge is -2.43. The van der Waals surface area contributed by atoms with Gasteiger partial charge in [-0.3, -0.25) is 0 Å². The average Bonchev–Trinajstić information content (AvgIpc) is 1.82. The van der Waals surface area contributed by atoms with Crippen LogP contribution in [-0.2, 0) is 9.47 Å². The second kappa shape index (κ2) is 2.28. The predicted octanol–water partition coefficient (Wildman–Crippen LogP) is 2.62. The number of hydrogen-bond donors (Lipinski definition) is 0. The molecule has 1 aliphatic rings. The molecular weight excluding hydrogens is 152 g/mol. The van der Waals surface area contributed by atoms with E-state index in [1.54, 1.807) is 0 Å². The maximum absolute atomic E-state index is 5.58. The first-order valence-electron chi connectivity index (χ1n) is 4.02. The van der Waals surface area contributed by atoms with E-state index >= 15 is 0 Å². The van der Waals surface area contributed by atoms with Crippen LogP contribution < -0.4 is 0 Å². The van der Waals surface area contributed by atoms with Crippen LogP contribution >= 0.6 is 0 Å². The molecule has 0 radical (unpaired) electrons. The Balaban J connectivity index is 2.91. The Morgan fingerprint density at radius 1 is 0.833 bits per heavy atom. The molecular formula is C10H16O2. The zero-order valence-electron chi connectivity index (χ0n) is 8.23. The van der Waals surface area contributed by atoms with Crippen LogP contribution in [0.5, 0.6) is 0 Å². The Kier molecular flexibility index (Phi) is 1.74. The first-order chi connectivity index (χ1) is 5.26. The van der Waals surface area contributed by atoms with Gasteiger partial charge in [-0.15, -0.1) is 0 Å². The van der Waals surface area contributed by atoms with Crippen molar-refractivity contribution >= 4 is 0 Å². The minimum absolute atomic E-state index is 0.452. The Labute approximate surface area is 73.9 Å². The summed E-state index contributed by atoms with van der Waals surface area (Å²) in [7, 11) is 0. The second-order valence-corrected chi connectivity index (χ2v) is 4.07. The molecule has 1 rings (SSSR count). The summed E-state index contributed by atoms with van der Waals surface area (Å²) in [5.41, 5.74) is -0.904. The van der Waals surface area contributed by atoms with Gasteiger partial charge >= 0.3 is 0 Å². The van der Waals surface area contributed by atoms with Gasteiger partial charge in [0.15, 0.2) is 11.2 Å². The summed E-state index contributed by atoms with van der Waals surface area (Å²) in [6.07, 6.45) is 0. The van der Waals surface area contributed by atoms with E-state index in [2.05, 4.69) is 13.2 Å². The fourth-order valence-electron chi connectivity index (χ4n) is 0.976. The van der Waals surface area contributed by atoms with Crippen molar-refractivity contribution in [3.8, 4) is 0 Å². The van der Waals surface area contributed by atoms with Crippen molar-refractivity contribution in [1.29, 1.82) is 0 Å². The molecule has 2 nitrogen and oxygen atoms in total. The summed E-state index contributed by atoms with van der Waals surface area (Å²) in [6, 6.07) is 0. The lowest BCUT2D eigenvalue weighted by molar-refractivity contribution is -0.118. The van der Waals surface area contributed by atoms with E-state index in [0.29, 0.717) is 11.5 Å². The van der Waals surface area contributed by atoms with Crippen LogP contribution in [0.4, 0.5) is 0 Å². The van der Waals surface area contributed by atoms with Crippen molar-refractivity contribution in [3.05, 3.63) is 24.7 Å². The van der Waals surface area contributed by atoms with Gasteiger partial charge in [0.1, 0.15) is 11.5 Å². The van der Waals surface area contributed by atoms with E-state index in [1.807, 2.05) is 27.7 Å². The third kappa shape index (κ3) is 1.33. The molecule has 1 heterocycles. The first kappa shape index (κ1) is 9.17. The van der Waals surface area contributed by atoms with Crippen molar-refractivity contribution in [1.82, 2.24) is 0 Å². The van der Waals surface area contributed by atoms with Crippen LogP contribution in [0, 0.1) is 0 Å². The molecule has 0 saturated carbocycles.